The minimum Gasteiger partial charge on any atom is -0.338 e. The number of unbranched alkanes of at least 4 members (excludes halogenated alkanes) is 2. The van der Waals surface area contributed by atoms with Crippen LogP contribution in [0.3, 0.4) is 0 Å². The number of nitrogens with zero attached hydrogens (tertiary/aromatic N) is 3. The summed E-state index contributed by atoms with van der Waals surface area (Å²) in [7, 11) is 0. The molecular weight excluding hydrogens is 349 g/mol. The van der Waals surface area contributed by atoms with Crippen LogP contribution in [0.4, 0.5) is 4.39 Å². The van der Waals surface area contributed by atoms with Crippen molar-refractivity contribution in [1.29, 1.82) is 0 Å². The Labute approximate surface area is 159 Å². The number of aryl methyl sites for hydroxylation is 2. The smallest absolute Gasteiger partial charge is 0.233 e. The first-order chi connectivity index (χ1) is 12.5. The Hall–Kier alpha value is -1.95. The lowest BCUT2D eigenvalue weighted by Crippen LogP contribution is -2.33. The molecule has 140 valence electrons. The monoisotopic (exact) mass is 375 g/mol. The van der Waals surface area contributed by atoms with Crippen LogP contribution in [0.15, 0.2) is 35.5 Å². The van der Waals surface area contributed by atoms with Gasteiger partial charge in [-0.15, -0.1) is 0 Å². The van der Waals surface area contributed by atoms with Gasteiger partial charge < -0.3 is 4.90 Å². The van der Waals surface area contributed by atoms with Gasteiger partial charge in [0.05, 0.1) is 5.75 Å². The summed E-state index contributed by atoms with van der Waals surface area (Å²) in [5, 5.41) is 0.631. The summed E-state index contributed by atoms with van der Waals surface area (Å²) in [6.45, 7) is 7.19. The van der Waals surface area contributed by atoms with Crippen LogP contribution in [0.1, 0.15) is 43.1 Å². The quantitative estimate of drug-likeness (QED) is 0.367. The van der Waals surface area contributed by atoms with Crippen molar-refractivity contribution in [2.45, 2.75) is 51.7 Å². The van der Waals surface area contributed by atoms with E-state index < -0.39 is 0 Å². The maximum atomic E-state index is 13.1. The van der Waals surface area contributed by atoms with Crippen molar-refractivity contribution in [1.82, 2.24) is 14.9 Å². The first-order valence-electron chi connectivity index (χ1n) is 8.95. The number of thioether (sulfide) groups is 1. The van der Waals surface area contributed by atoms with Crippen molar-refractivity contribution in [2.75, 3.05) is 12.3 Å². The van der Waals surface area contributed by atoms with Crippen LogP contribution < -0.4 is 0 Å². The van der Waals surface area contributed by atoms with Gasteiger partial charge in [-0.3, -0.25) is 4.79 Å². The van der Waals surface area contributed by atoms with Crippen LogP contribution in [0.5, 0.6) is 0 Å². The molecule has 0 bridgehead atoms. The molecule has 1 aromatic heterocycles. The van der Waals surface area contributed by atoms with Crippen LogP contribution in [0.25, 0.3) is 0 Å². The standard InChI is InChI=1S/C20H26FN3OS/c1-4-5-6-11-24(13-17-7-9-18(21)10-8-17)19(25)14-26-20-22-15(2)12-16(3)23-20/h7-10,12H,4-6,11,13-14H2,1-3H3. The van der Waals surface area contributed by atoms with Gasteiger partial charge >= 0.3 is 0 Å². The Morgan fingerprint density at radius 3 is 2.38 bits per heavy atom. The molecular formula is C20H26FN3OS. The number of halogens is 1. The van der Waals surface area contributed by atoms with Gasteiger partial charge in [0.25, 0.3) is 0 Å². The molecule has 0 aliphatic carbocycles. The molecule has 0 aliphatic heterocycles. The minimum atomic E-state index is -0.264. The van der Waals surface area contributed by atoms with E-state index in [4.69, 9.17) is 0 Å². The highest BCUT2D eigenvalue weighted by Crippen LogP contribution is 2.16. The zero-order chi connectivity index (χ0) is 18.9. The third kappa shape index (κ3) is 6.75. The van der Waals surface area contributed by atoms with E-state index in [0.29, 0.717) is 24.0 Å². The first-order valence-corrected chi connectivity index (χ1v) is 9.93. The molecule has 2 aromatic rings. The van der Waals surface area contributed by atoms with E-state index in [2.05, 4.69) is 16.9 Å². The molecule has 6 heteroatoms. The second kappa shape index (κ2) is 10.3. The van der Waals surface area contributed by atoms with Crippen molar-refractivity contribution >= 4 is 17.7 Å². The van der Waals surface area contributed by atoms with Gasteiger partial charge in [-0.05, 0) is 44.0 Å². The van der Waals surface area contributed by atoms with E-state index in [1.165, 1.54) is 23.9 Å². The molecule has 0 spiro atoms. The summed E-state index contributed by atoms with van der Waals surface area (Å²) < 4.78 is 13.1. The van der Waals surface area contributed by atoms with Crippen molar-refractivity contribution in [3.8, 4) is 0 Å². The maximum absolute atomic E-state index is 13.1. The summed E-state index contributed by atoms with van der Waals surface area (Å²) >= 11 is 1.36. The van der Waals surface area contributed by atoms with E-state index in [0.717, 1.165) is 36.2 Å². The molecule has 1 aromatic carbocycles. The third-order valence-corrected chi connectivity index (χ3v) is 4.79. The zero-order valence-electron chi connectivity index (χ0n) is 15.7. The molecule has 0 saturated carbocycles. The summed E-state index contributed by atoms with van der Waals surface area (Å²) in [5.41, 5.74) is 2.74. The predicted octanol–water partition coefficient (Wildman–Crippen LogP) is 4.54. The lowest BCUT2D eigenvalue weighted by molar-refractivity contribution is -0.129. The van der Waals surface area contributed by atoms with Crippen LogP contribution in [-0.4, -0.2) is 33.1 Å². The van der Waals surface area contributed by atoms with Crippen molar-refractivity contribution in [3.63, 3.8) is 0 Å². The highest BCUT2D eigenvalue weighted by atomic mass is 32.2. The maximum Gasteiger partial charge on any atom is 0.233 e. The number of carbonyl (C=O) groups excluding carboxylic acids is 1. The van der Waals surface area contributed by atoms with Gasteiger partial charge in [-0.25, -0.2) is 14.4 Å². The van der Waals surface area contributed by atoms with E-state index in [9.17, 15) is 9.18 Å². The van der Waals surface area contributed by atoms with Gasteiger partial charge in [0.1, 0.15) is 5.82 Å². The van der Waals surface area contributed by atoms with Crippen molar-refractivity contribution < 1.29 is 9.18 Å². The number of aromatic nitrogens is 2. The second-order valence-electron chi connectivity index (χ2n) is 6.37. The molecule has 0 radical (unpaired) electrons. The van der Waals surface area contributed by atoms with Gasteiger partial charge in [0, 0.05) is 24.5 Å². The molecule has 0 atom stereocenters. The Morgan fingerprint density at radius 1 is 1.12 bits per heavy atom. The highest BCUT2D eigenvalue weighted by molar-refractivity contribution is 7.99. The zero-order valence-corrected chi connectivity index (χ0v) is 16.5. The van der Waals surface area contributed by atoms with Gasteiger partial charge in [-0.2, -0.15) is 0 Å². The fourth-order valence-electron chi connectivity index (χ4n) is 2.63. The molecule has 0 fully saturated rings. The molecule has 0 unspecified atom stereocenters. The molecule has 1 amide bonds. The van der Waals surface area contributed by atoms with Crippen molar-refractivity contribution in [3.05, 3.63) is 53.1 Å². The van der Waals surface area contributed by atoms with Gasteiger partial charge in [0.2, 0.25) is 5.91 Å². The summed E-state index contributed by atoms with van der Waals surface area (Å²) in [4.78, 5) is 23.3. The van der Waals surface area contributed by atoms with Crippen LogP contribution in [0.2, 0.25) is 0 Å². The summed E-state index contributed by atoms with van der Waals surface area (Å²) in [5.74, 6) is 0.0919. The van der Waals surface area contributed by atoms with Gasteiger partial charge in [-0.1, -0.05) is 43.7 Å². The van der Waals surface area contributed by atoms with E-state index >= 15 is 0 Å². The van der Waals surface area contributed by atoms with Crippen molar-refractivity contribution in [2.24, 2.45) is 0 Å². The molecule has 0 aliphatic rings. The van der Waals surface area contributed by atoms with E-state index in [-0.39, 0.29) is 11.7 Å². The summed E-state index contributed by atoms with van der Waals surface area (Å²) in [6.07, 6.45) is 3.15. The molecule has 2 rings (SSSR count). The number of rotatable bonds is 9. The minimum absolute atomic E-state index is 0.0539. The number of hydrogen-bond donors (Lipinski definition) is 0. The number of carbonyl (C=O) groups is 1. The molecule has 0 saturated heterocycles. The predicted molar refractivity (Wildman–Crippen MR) is 104 cm³/mol. The average molecular weight is 376 g/mol. The molecule has 0 N–H and O–H groups in total. The lowest BCUT2D eigenvalue weighted by atomic mass is 10.2. The average Bonchev–Trinajstić information content (AvgIpc) is 2.60. The first kappa shape index (κ1) is 20.4. The normalized spacial score (nSPS) is 10.8. The Kier molecular flexibility index (Phi) is 8.04. The topological polar surface area (TPSA) is 46.1 Å². The fourth-order valence-corrected chi connectivity index (χ4v) is 3.48. The van der Waals surface area contributed by atoms with Gasteiger partial charge in [0.15, 0.2) is 5.16 Å². The Bertz CT molecular complexity index is 701. The van der Waals surface area contributed by atoms with Crippen LogP contribution in [0, 0.1) is 19.7 Å². The number of hydrogen-bond acceptors (Lipinski definition) is 4. The SMILES string of the molecule is CCCCCN(Cc1ccc(F)cc1)C(=O)CSc1nc(C)cc(C)n1. The molecule has 4 nitrogen and oxygen atoms in total. The summed E-state index contributed by atoms with van der Waals surface area (Å²) in [6, 6.07) is 8.24. The Balaban J connectivity index is 2.00. The third-order valence-electron chi connectivity index (χ3n) is 3.96. The van der Waals surface area contributed by atoms with Crippen LogP contribution in [-0.2, 0) is 11.3 Å². The van der Waals surface area contributed by atoms with Crippen LogP contribution >= 0.6 is 11.8 Å². The fraction of sp³-hybridized carbons (Fsp3) is 0.450. The number of amides is 1. The number of benzene rings is 1. The van der Waals surface area contributed by atoms with E-state index in [1.807, 2.05) is 24.8 Å². The molecule has 1 heterocycles. The molecule has 26 heavy (non-hydrogen) atoms. The highest BCUT2D eigenvalue weighted by Gasteiger charge is 2.15. The lowest BCUT2D eigenvalue weighted by Gasteiger charge is -2.23. The largest absolute Gasteiger partial charge is 0.338 e. The Morgan fingerprint density at radius 2 is 1.77 bits per heavy atom. The second-order valence-corrected chi connectivity index (χ2v) is 7.31. The van der Waals surface area contributed by atoms with E-state index in [1.54, 1.807) is 12.1 Å².